The van der Waals surface area contributed by atoms with Crippen LogP contribution < -0.4 is 0 Å². The summed E-state index contributed by atoms with van der Waals surface area (Å²) in [6.07, 6.45) is 6.28. The number of nitrogens with zero attached hydrogens (tertiary/aromatic N) is 2. The fraction of sp³-hybridized carbons (Fsp3) is 0.500. The van der Waals surface area contributed by atoms with Crippen molar-refractivity contribution in [2.45, 2.75) is 57.4 Å². The number of hydrogen-bond acceptors (Lipinski definition) is 2. The first-order chi connectivity index (χ1) is 12.2. The molecule has 1 amide bonds. The lowest BCUT2D eigenvalue weighted by atomic mass is 10.1. The molecule has 4 rings (SSSR count). The van der Waals surface area contributed by atoms with E-state index < -0.39 is 0 Å². The van der Waals surface area contributed by atoms with Gasteiger partial charge in [-0.3, -0.25) is 4.79 Å². The molecule has 0 unspecified atom stereocenters. The van der Waals surface area contributed by atoms with Crippen molar-refractivity contribution in [3.63, 3.8) is 0 Å². The third-order valence-electron chi connectivity index (χ3n) is 5.58. The standard InChI is InChI=1S/C20H24ClN3O/c1-2-17-19(13-7-9-15(21)10-8-13)23-20(22-17)14-11-18(25)24(12-14)16-5-3-4-6-16/h7-10,14,16H,2-6,11-12H2,1H3,(H,22,23)/t14-/m0/s1. The van der Waals surface area contributed by atoms with Gasteiger partial charge >= 0.3 is 0 Å². The highest BCUT2D eigenvalue weighted by Gasteiger charge is 2.37. The molecule has 1 saturated carbocycles. The first-order valence-corrected chi connectivity index (χ1v) is 9.67. The van der Waals surface area contributed by atoms with Gasteiger partial charge in [-0.15, -0.1) is 0 Å². The summed E-state index contributed by atoms with van der Waals surface area (Å²) in [5.41, 5.74) is 3.19. The fourth-order valence-corrected chi connectivity index (χ4v) is 4.34. The Bertz CT molecular complexity index is 762. The Morgan fingerprint density at radius 1 is 1.24 bits per heavy atom. The number of imidazole rings is 1. The lowest BCUT2D eigenvalue weighted by Gasteiger charge is -2.23. The number of rotatable bonds is 4. The lowest BCUT2D eigenvalue weighted by Crippen LogP contribution is -2.34. The van der Waals surface area contributed by atoms with Crippen LogP contribution in [0.4, 0.5) is 0 Å². The summed E-state index contributed by atoms with van der Waals surface area (Å²) >= 11 is 6.00. The molecule has 1 aromatic carbocycles. The molecule has 2 fully saturated rings. The van der Waals surface area contributed by atoms with Gasteiger partial charge in [-0.05, 0) is 31.4 Å². The van der Waals surface area contributed by atoms with Gasteiger partial charge in [0.05, 0.1) is 5.69 Å². The van der Waals surface area contributed by atoms with Crippen molar-refractivity contribution in [3.05, 3.63) is 40.8 Å². The van der Waals surface area contributed by atoms with E-state index in [-0.39, 0.29) is 5.92 Å². The Labute approximate surface area is 153 Å². The quantitative estimate of drug-likeness (QED) is 0.872. The van der Waals surface area contributed by atoms with E-state index in [1.807, 2.05) is 24.3 Å². The number of carbonyl (C=O) groups is 1. The van der Waals surface area contributed by atoms with Gasteiger partial charge in [0, 0.05) is 41.2 Å². The Morgan fingerprint density at radius 3 is 2.64 bits per heavy atom. The number of hydrogen-bond donors (Lipinski definition) is 1. The number of benzene rings is 1. The van der Waals surface area contributed by atoms with Gasteiger partial charge in [-0.25, -0.2) is 4.98 Å². The summed E-state index contributed by atoms with van der Waals surface area (Å²) in [7, 11) is 0. The van der Waals surface area contributed by atoms with Crippen LogP contribution in [-0.2, 0) is 11.2 Å². The maximum Gasteiger partial charge on any atom is 0.223 e. The molecule has 1 saturated heterocycles. The second-order valence-corrected chi connectivity index (χ2v) is 7.63. The SMILES string of the molecule is CCc1[nH]c([C@H]2CC(=O)N(C3CCCC3)C2)nc1-c1ccc(Cl)cc1. The van der Waals surface area contributed by atoms with Crippen LogP contribution >= 0.6 is 11.6 Å². The zero-order valence-corrected chi connectivity index (χ0v) is 15.4. The Balaban J connectivity index is 1.59. The van der Waals surface area contributed by atoms with E-state index in [4.69, 9.17) is 16.6 Å². The highest BCUT2D eigenvalue weighted by molar-refractivity contribution is 6.30. The predicted molar refractivity (Wildman–Crippen MR) is 99.7 cm³/mol. The molecule has 25 heavy (non-hydrogen) atoms. The smallest absolute Gasteiger partial charge is 0.223 e. The molecule has 0 radical (unpaired) electrons. The summed E-state index contributed by atoms with van der Waals surface area (Å²) < 4.78 is 0. The molecule has 1 N–H and O–H groups in total. The number of aromatic amines is 1. The average molecular weight is 358 g/mol. The summed E-state index contributed by atoms with van der Waals surface area (Å²) in [6.45, 7) is 2.93. The van der Waals surface area contributed by atoms with E-state index in [1.165, 1.54) is 12.8 Å². The van der Waals surface area contributed by atoms with Crippen LogP contribution in [0.15, 0.2) is 24.3 Å². The van der Waals surface area contributed by atoms with Crippen LogP contribution in [0.1, 0.15) is 56.5 Å². The number of H-pyrrole nitrogens is 1. The summed E-state index contributed by atoms with van der Waals surface area (Å²) in [4.78, 5) is 23.0. The van der Waals surface area contributed by atoms with Gasteiger partial charge in [-0.1, -0.05) is 43.5 Å². The van der Waals surface area contributed by atoms with E-state index >= 15 is 0 Å². The number of likely N-dealkylation sites (tertiary alicyclic amines) is 1. The highest BCUT2D eigenvalue weighted by Crippen LogP contribution is 2.34. The Morgan fingerprint density at radius 2 is 1.96 bits per heavy atom. The van der Waals surface area contributed by atoms with Crippen molar-refractivity contribution in [2.75, 3.05) is 6.54 Å². The van der Waals surface area contributed by atoms with Gasteiger partial charge < -0.3 is 9.88 Å². The number of aromatic nitrogens is 2. The minimum Gasteiger partial charge on any atom is -0.345 e. The zero-order valence-electron chi connectivity index (χ0n) is 14.6. The zero-order chi connectivity index (χ0) is 17.4. The first-order valence-electron chi connectivity index (χ1n) is 9.30. The van der Waals surface area contributed by atoms with Crippen molar-refractivity contribution in [1.82, 2.24) is 14.9 Å². The van der Waals surface area contributed by atoms with E-state index in [1.54, 1.807) is 0 Å². The molecule has 4 nitrogen and oxygen atoms in total. The number of amides is 1. The highest BCUT2D eigenvalue weighted by atomic mass is 35.5. The predicted octanol–water partition coefficient (Wildman–Crippen LogP) is 4.55. The number of aryl methyl sites for hydroxylation is 1. The van der Waals surface area contributed by atoms with E-state index in [0.29, 0.717) is 18.4 Å². The minimum atomic E-state index is 0.180. The molecule has 1 aromatic heterocycles. The van der Waals surface area contributed by atoms with Crippen molar-refractivity contribution in [3.8, 4) is 11.3 Å². The largest absolute Gasteiger partial charge is 0.345 e. The number of halogens is 1. The molecule has 1 aliphatic carbocycles. The topological polar surface area (TPSA) is 49.0 Å². The molecule has 2 aromatic rings. The van der Waals surface area contributed by atoms with Gasteiger partial charge in [0.25, 0.3) is 0 Å². The van der Waals surface area contributed by atoms with Crippen molar-refractivity contribution in [2.24, 2.45) is 0 Å². The van der Waals surface area contributed by atoms with Crippen LogP contribution in [0, 0.1) is 0 Å². The minimum absolute atomic E-state index is 0.180. The van der Waals surface area contributed by atoms with Crippen LogP contribution in [0.25, 0.3) is 11.3 Å². The molecular weight excluding hydrogens is 334 g/mol. The summed E-state index contributed by atoms with van der Waals surface area (Å²) in [5, 5.41) is 0.728. The van der Waals surface area contributed by atoms with Crippen LogP contribution in [0.3, 0.4) is 0 Å². The van der Waals surface area contributed by atoms with Crippen molar-refractivity contribution >= 4 is 17.5 Å². The molecule has 2 aliphatic rings. The molecule has 1 atom stereocenters. The van der Waals surface area contributed by atoms with Crippen LogP contribution in [-0.4, -0.2) is 33.4 Å². The van der Waals surface area contributed by atoms with E-state index in [0.717, 1.165) is 53.6 Å². The Hall–Kier alpha value is -1.81. The van der Waals surface area contributed by atoms with Gasteiger partial charge in [0.15, 0.2) is 0 Å². The maximum atomic E-state index is 12.5. The summed E-state index contributed by atoms with van der Waals surface area (Å²) in [5.74, 6) is 1.43. The normalized spacial score (nSPS) is 21.4. The maximum absolute atomic E-state index is 12.5. The number of nitrogens with one attached hydrogen (secondary N) is 1. The lowest BCUT2D eigenvalue weighted by molar-refractivity contribution is -0.129. The molecular formula is C20H24ClN3O. The molecule has 132 valence electrons. The Kier molecular flexibility index (Phi) is 4.55. The molecule has 5 heteroatoms. The molecule has 2 heterocycles. The average Bonchev–Trinajstić information content (AvgIpc) is 3.34. The van der Waals surface area contributed by atoms with Gasteiger partial charge in [-0.2, -0.15) is 0 Å². The van der Waals surface area contributed by atoms with E-state index in [9.17, 15) is 4.79 Å². The summed E-state index contributed by atoms with van der Waals surface area (Å²) in [6, 6.07) is 8.25. The number of carbonyl (C=O) groups excluding carboxylic acids is 1. The van der Waals surface area contributed by atoms with Crippen molar-refractivity contribution < 1.29 is 4.79 Å². The van der Waals surface area contributed by atoms with Crippen molar-refractivity contribution in [1.29, 1.82) is 0 Å². The van der Waals surface area contributed by atoms with Gasteiger partial charge in [0.1, 0.15) is 5.82 Å². The van der Waals surface area contributed by atoms with Gasteiger partial charge in [0.2, 0.25) is 5.91 Å². The second-order valence-electron chi connectivity index (χ2n) is 7.20. The molecule has 0 bridgehead atoms. The fourth-order valence-electron chi connectivity index (χ4n) is 4.21. The second kappa shape index (κ2) is 6.83. The van der Waals surface area contributed by atoms with Crippen LogP contribution in [0.2, 0.25) is 5.02 Å². The first kappa shape index (κ1) is 16.6. The molecule has 1 aliphatic heterocycles. The van der Waals surface area contributed by atoms with Crippen LogP contribution in [0.5, 0.6) is 0 Å². The third-order valence-corrected chi connectivity index (χ3v) is 5.83. The third kappa shape index (κ3) is 3.20. The molecule has 0 spiro atoms. The monoisotopic (exact) mass is 357 g/mol. The van der Waals surface area contributed by atoms with E-state index in [2.05, 4.69) is 16.8 Å².